The van der Waals surface area contributed by atoms with E-state index in [0.29, 0.717) is 0 Å². The van der Waals surface area contributed by atoms with Gasteiger partial charge in [-0.15, -0.1) is 287 Å². The minimum absolute atomic E-state index is 0. The molecule has 0 aliphatic rings. The molecule has 0 fully saturated rings. The van der Waals surface area contributed by atoms with Crippen molar-refractivity contribution in [1.82, 2.24) is 58.1 Å². The van der Waals surface area contributed by atoms with E-state index in [0.717, 1.165) is 139 Å². The number of para-hydroxylation sites is 4. The number of rotatable bonds is 12. The van der Waals surface area contributed by atoms with Crippen molar-refractivity contribution in [1.29, 1.82) is 0 Å². The maximum atomic E-state index is 4.89. The molecule has 688 valence electrons. The number of benzene rings is 12. The topological polar surface area (TPSA) is 123 Å². The van der Waals surface area contributed by atoms with Gasteiger partial charge in [-0.05, 0) is 153 Å². The van der Waals surface area contributed by atoms with E-state index >= 15 is 0 Å². The van der Waals surface area contributed by atoms with Crippen molar-refractivity contribution in [3.63, 3.8) is 0 Å². The number of aromatic nitrogens is 12. The normalized spacial score (nSPS) is 10.4. The van der Waals surface area contributed by atoms with Crippen molar-refractivity contribution in [2.24, 2.45) is 0 Å². The second-order valence-electron chi connectivity index (χ2n) is 31.3. The fourth-order valence-corrected chi connectivity index (χ4v) is 16.6. The van der Waals surface area contributed by atoms with Crippen LogP contribution in [-0.2, 0) is 107 Å². The summed E-state index contributed by atoms with van der Waals surface area (Å²) in [4.78, 5) is 36.3. The molecule has 0 aliphatic carbocycles. The van der Waals surface area contributed by atoms with Crippen LogP contribution < -0.4 is 0 Å². The number of hydrogen-bond donors (Lipinski definition) is 0. The Labute approximate surface area is 861 Å². The molecule has 24 rings (SSSR count). The summed E-state index contributed by atoms with van der Waals surface area (Å²) in [6.45, 7) is 16.4. The smallest absolute Gasteiger partial charge is 0.131 e. The van der Waals surface area contributed by atoms with Crippen molar-refractivity contribution in [2.45, 2.75) is 67.7 Å². The molecule has 0 unspecified atom stereocenters. The monoisotopic (exact) mass is 2500 g/mol. The fourth-order valence-electron chi connectivity index (χ4n) is 16.6. The molecule has 12 aromatic heterocycles. The van der Waals surface area contributed by atoms with E-state index in [9.17, 15) is 0 Å². The molecule has 0 N–H and O–H groups in total. The summed E-state index contributed by atoms with van der Waals surface area (Å²) in [6, 6.07) is 159. The summed E-state index contributed by atoms with van der Waals surface area (Å²) >= 11 is 0. The molecule has 12 heterocycles. The van der Waals surface area contributed by atoms with Gasteiger partial charge in [0.15, 0.2) is 0 Å². The second-order valence-corrected chi connectivity index (χ2v) is 31.3. The quantitative estimate of drug-likeness (QED) is 0.111. The van der Waals surface area contributed by atoms with Crippen LogP contribution in [0.1, 0.15) is 39.1 Å². The Kier molecular flexibility index (Phi) is 37.0. The van der Waals surface area contributed by atoms with Gasteiger partial charge >= 0.3 is 0 Å². The van der Waals surface area contributed by atoms with Gasteiger partial charge in [0.25, 0.3) is 0 Å². The van der Waals surface area contributed by atoms with E-state index in [1.54, 1.807) is 12.4 Å². The van der Waals surface area contributed by atoms with Crippen LogP contribution in [0.2, 0.25) is 0 Å². The Bertz CT molecular complexity index is 7510. The molecule has 0 aliphatic heterocycles. The predicted molar refractivity (Wildman–Crippen MR) is 552 cm³/mol. The van der Waals surface area contributed by atoms with Gasteiger partial charge < -0.3 is 48.2 Å². The van der Waals surface area contributed by atoms with Gasteiger partial charge in [-0.2, -0.15) is 0 Å². The zero-order chi connectivity index (χ0) is 91.6. The molecule has 0 saturated heterocycles. The minimum Gasteiger partial charge on any atom is -0.341 e. The third-order valence-corrected chi connectivity index (χ3v) is 22.8. The number of nitrogens with zero attached hydrogens (tertiary/aromatic N) is 12. The van der Waals surface area contributed by atoms with Crippen molar-refractivity contribution in [3.05, 3.63) is 485 Å². The second kappa shape index (κ2) is 50.5. The zero-order valence-electron chi connectivity index (χ0n) is 76.9. The van der Waals surface area contributed by atoms with Crippen LogP contribution in [0.3, 0.4) is 0 Å². The van der Waals surface area contributed by atoms with E-state index in [1.165, 1.54) is 76.3 Å². The Morgan fingerprint density at radius 3 is 0.986 bits per heavy atom. The Balaban J connectivity index is 0.000000134. The Hall–Kier alpha value is -14.4. The maximum Gasteiger partial charge on any atom is 0.131 e. The van der Waals surface area contributed by atoms with Crippen molar-refractivity contribution >= 4 is 87.5 Å². The molecule has 24 aromatic rings. The molecular weight excluding hydrogens is 2400 g/mol. The van der Waals surface area contributed by atoms with Gasteiger partial charge in [0.1, 0.15) is 5.65 Å². The molecule has 16 heteroatoms. The number of pyridine rings is 8. The summed E-state index contributed by atoms with van der Waals surface area (Å²) < 4.78 is 9.28. The van der Waals surface area contributed by atoms with Gasteiger partial charge in [-0.25, -0.2) is 0 Å². The first-order valence-corrected chi connectivity index (χ1v) is 45.2. The largest absolute Gasteiger partial charge is 0.341 e. The first kappa shape index (κ1) is 101. The van der Waals surface area contributed by atoms with Crippen LogP contribution in [-0.4, -0.2) is 58.1 Å². The molecular formula is C122H96Ir4N12-8. The molecule has 12 aromatic carbocycles. The number of fused-ring (bicyclic) bond motifs is 12. The third-order valence-electron chi connectivity index (χ3n) is 22.8. The predicted octanol–water partition coefficient (Wildman–Crippen LogP) is 29.5. The van der Waals surface area contributed by atoms with Crippen LogP contribution in [0.25, 0.3) is 178 Å². The van der Waals surface area contributed by atoms with Crippen LogP contribution in [0, 0.1) is 62.4 Å². The van der Waals surface area contributed by atoms with Gasteiger partial charge in [-0.3, -0.25) is 9.97 Å². The summed E-state index contributed by atoms with van der Waals surface area (Å²) in [5, 5.41) is 8.66. The van der Waals surface area contributed by atoms with E-state index in [4.69, 9.17) is 9.97 Å². The van der Waals surface area contributed by atoms with E-state index in [1.807, 2.05) is 287 Å². The van der Waals surface area contributed by atoms with Crippen LogP contribution in [0.15, 0.2) is 425 Å². The van der Waals surface area contributed by atoms with Crippen LogP contribution in [0.4, 0.5) is 0 Å². The first-order chi connectivity index (χ1) is 66.2. The van der Waals surface area contributed by atoms with Gasteiger partial charge in [-0.1, -0.05) is 146 Å². The summed E-state index contributed by atoms with van der Waals surface area (Å²) in [5.41, 5.74) is 29.1. The summed E-state index contributed by atoms with van der Waals surface area (Å²) in [7, 11) is 0. The van der Waals surface area contributed by atoms with Gasteiger partial charge in [0, 0.05) is 197 Å². The van der Waals surface area contributed by atoms with E-state index in [2.05, 4.69) is 264 Å². The SMILES string of the molecule is CCn1c2ccccc2c2c(-c3[c-]cccc3)nccc21.CCn1c2ccccc2c2ccc(-c3[c-]cccc3)nc21.CCn1c2ccccc2c2cnc(-c3[c-]cccc3)cc21.CCn1c2ccccc2c2nc(-c3[c-]cccc3)ccc21.Cc1cccc(-c2[c-]cccc2)n1.Cc1cccc(-c2[c-]cccc2)n1.[Ir].[Ir].[Ir].[Ir].[c-]1ccccc1-c1ccccn1.[c-]1ccccc1-c1ccccn1. The first-order valence-electron chi connectivity index (χ1n) is 45.2. The van der Waals surface area contributed by atoms with Crippen molar-refractivity contribution in [2.75, 3.05) is 0 Å². The Morgan fingerprint density at radius 1 is 0.217 bits per heavy atom. The fraction of sp³-hybridized carbons (Fsp3) is 0.0820. The molecule has 0 bridgehead atoms. The van der Waals surface area contributed by atoms with Gasteiger partial charge in [0.2, 0.25) is 0 Å². The average Bonchev–Trinajstić information content (AvgIpc) is 1.62. The molecule has 0 amide bonds. The minimum atomic E-state index is 0. The maximum absolute atomic E-state index is 4.89. The standard InChI is InChI=1S/4C19H15N2.2C12H10N.2C11H8N.4Ir/c1-2-21-18-11-7-6-10-15(18)16-13-20-17(12-19(16)21)14-8-4-3-5-9-14;1-2-21-18-11-7-6-10-15(18)16-12-13-17(20-19(16)21)14-8-4-3-5-9-14;1-2-21-17-11-7-6-10-15(17)19-18(21)13-12-16(20-19)14-8-4-3-5-9-14;1-2-21-16-11-7-6-10-15(16)18-17(21)12-13-20-19(18)14-8-4-3-5-9-14;2*1-10-6-5-9-12(13-10)11-7-3-2-4-8-11;2*1-2-6-10(7-3-1)11-8-4-5-9-12-11;;;;/h4*3-8,10-13H,2H2,1H3;2*2-7,9H,1H3;2*1-6,8-9H;;;;/q8*-1;;;;. The van der Waals surface area contributed by atoms with Crippen LogP contribution >= 0.6 is 0 Å². The molecule has 138 heavy (non-hydrogen) atoms. The molecule has 0 spiro atoms. The number of hydrogen-bond acceptors (Lipinski definition) is 8. The molecule has 0 atom stereocenters. The Morgan fingerprint density at radius 2 is 0.558 bits per heavy atom. The van der Waals surface area contributed by atoms with Crippen molar-refractivity contribution < 1.29 is 80.4 Å². The molecule has 4 radical (unpaired) electrons. The third kappa shape index (κ3) is 24.2. The van der Waals surface area contributed by atoms with Crippen LogP contribution in [0.5, 0.6) is 0 Å². The van der Waals surface area contributed by atoms with E-state index < -0.39 is 0 Å². The number of aryl methyl sites for hydroxylation is 6. The molecule has 12 nitrogen and oxygen atoms in total. The van der Waals surface area contributed by atoms with Crippen molar-refractivity contribution in [3.8, 4) is 90.1 Å². The molecule has 0 saturated carbocycles. The summed E-state index contributed by atoms with van der Waals surface area (Å²) in [6.07, 6.45) is 7.45. The zero-order valence-corrected chi connectivity index (χ0v) is 86.5. The average molecular weight is 2500 g/mol. The summed E-state index contributed by atoms with van der Waals surface area (Å²) in [5.74, 6) is 0. The van der Waals surface area contributed by atoms with Gasteiger partial charge in [0.05, 0.1) is 22.1 Å². The van der Waals surface area contributed by atoms with E-state index in [-0.39, 0.29) is 80.4 Å².